The zero-order valence-corrected chi connectivity index (χ0v) is 10.8. The van der Waals surface area contributed by atoms with Crippen molar-refractivity contribution in [3.63, 3.8) is 0 Å². The Labute approximate surface area is 116 Å². The Bertz CT molecular complexity index is 750. The minimum atomic E-state index is -0.402. The lowest BCUT2D eigenvalue weighted by atomic mass is 10.1. The molecule has 0 atom stereocenters. The van der Waals surface area contributed by atoms with Crippen molar-refractivity contribution >= 4 is 10.8 Å². The van der Waals surface area contributed by atoms with Crippen LogP contribution in [-0.4, -0.2) is 0 Å². The van der Waals surface area contributed by atoms with E-state index in [-0.39, 0.29) is 12.3 Å². The first-order valence-electron chi connectivity index (χ1n) is 6.42. The normalized spacial score (nSPS) is 10.7. The van der Waals surface area contributed by atoms with Gasteiger partial charge in [-0.1, -0.05) is 48.5 Å². The van der Waals surface area contributed by atoms with E-state index in [4.69, 9.17) is 10.5 Å². The number of benzene rings is 3. The molecule has 0 fully saturated rings. The van der Waals surface area contributed by atoms with Crippen molar-refractivity contribution in [3.8, 4) is 11.5 Å². The Hall–Kier alpha value is -2.39. The molecule has 3 rings (SSSR count). The largest absolute Gasteiger partial charge is 0.453 e. The van der Waals surface area contributed by atoms with Crippen LogP contribution < -0.4 is 10.5 Å². The van der Waals surface area contributed by atoms with E-state index in [0.29, 0.717) is 11.3 Å². The predicted molar refractivity (Wildman–Crippen MR) is 78.3 cm³/mol. The summed E-state index contributed by atoms with van der Waals surface area (Å²) in [6.45, 7) is 0.234. The maximum absolute atomic E-state index is 13.9. The molecule has 2 nitrogen and oxygen atoms in total. The van der Waals surface area contributed by atoms with Gasteiger partial charge < -0.3 is 10.5 Å². The second-order valence-corrected chi connectivity index (χ2v) is 4.51. The maximum Gasteiger partial charge on any atom is 0.167 e. The monoisotopic (exact) mass is 267 g/mol. The Balaban J connectivity index is 2.10. The standard InChI is InChI=1S/C17H14FNO/c18-15-9-3-7-13(11-19)17(15)20-16-10-4-6-12-5-1-2-8-14(12)16/h1-10H,11,19H2. The van der Waals surface area contributed by atoms with Gasteiger partial charge >= 0.3 is 0 Å². The van der Waals surface area contributed by atoms with Crippen LogP contribution in [0.2, 0.25) is 0 Å². The molecule has 0 spiro atoms. The first-order chi connectivity index (χ1) is 9.79. The number of fused-ring (bicyclic) bond motifs is 1. The average Bonchev–Trinajstić information content (AvgIpc) is 2.49. The molecule has 0 unspecified atom stereocenters. The van der Waals surface area contributed by atoms with Gasteiger partial charge in [0.2, 0.25) is 0 Å². The van der Waals surface area contributed by atoms with E-state index in [1.165, 1.54) is 6.07 Å². The van der Waals surface area contributed by atoms with Crippen LogP contribution in [0.3, 0.4) is 0 Å². The van der Waals surface area contributed by atoms with Crippen molar-refractivity contribution in [1.82, 2.24) is 0 Å². The molecule has 0 aliphatic heterocycles. The summed E-state index contributed by atoms with van der Waals surface area (Å²) in [6.07, 6.45) is 0. The fourth-order valence-electron chi connectivity index (χ4n) is 2.22. The van der Waals surface area contributed by atoms with Gasteiger partial charge in [0.15, 0.2) is 11.6 Å². The molecule has 0 saturated heterocycles. The highest BCUT2D eigenvalue weighted by Crippen LogP contribution is 2.33. The number of hydrogen-bond acceptors (Lipinski definition) is 2. The summed E-state index contributed by atoms with van der Waals surface area (Å²) >= 11 is 0. The Morgan fingerprint density at radius 2 is 1.65 bits per heavy atom. The number of hydrogen-bond donors (Lipinski definition) is 1. The molecule has 3 aromatic rings. The molecule has 0 aromatic heterocycles. The van der Waals surface area contributed by atoms with Crippen molar-refractivity contribution in [2.24, 2.45) is 5.73 Å². The summed E-state index contributed by atoms with van der Waals surface area (Å²) in [5, 5.41) is 2.00. The predicted octanol–water partition coefficient (Wildman–Crippen LogP) is 4.23. The van der Waals surface area contributed by atoms with Crippen molar-refractivity contribution in [1.29, 1.82) is 0 Å². The van der Waals surface area contributed by atoms with Gasteiger partial charge in [0.25, 0.3) is 0 Å². The molecule has 3 aromatic carbocycles. The molecule has 0 aliphatic rings. The van der Waals surface area contributed by atoms with Gasteiger partial charge in [-0.15, -0.1) is 0 Å². The van der Waals surface area contributed by atoms with E-state index >= 15 is 0 Å². The molecule has 0 amide bonds. The third-order valence-corrected chi connectivity index (χ3v) is 3.23. The summed E-state index contributed by atoms with van der Waals surface area (Å²) in [7, 11) is 0. The third-order valence-electron chi connectivity index (χ3n) is 3.23. The molecule has 0 aliphatic carbocycles. The number of para-hydroxylation sites is 1. The second-order valence-electron chi connectivity index (χ2n) is 4.51. The van der Waals surface area contributed by atoms with Crippen molar-refractivity contribution in [2.45, 2.75) is 6.54 Å². The van der Waals surface area contributed by atoms with Gasteiger partial charge in [0.1, 0.15) is 5.75 Å². The molecular weight excluding hydrogens is 253 g/mol. The van der Waals surface area contributed by atoms with Gasteiger partial charge in [0.05, 0.1) is 0 Å². The summed E-state index contributed by atoms with van der Waals surface area (Å²) in [5.41, 5.74) is 6.29. The van der Waals surface area contributed by atoms with E-state index in [2.05, 4.69) is 0 Å². The Kier molecular flexibility index (Phi) is 3.35. The van der Waals surface area contributed by atoms with Crippen molar-refractivity contribution in [2.75, 3.05) is 0 Å². The molecule has 0 heterocycles. The minimum absolute atomic E-state index is 0.200. The molecule has 20 heavy (non-hydrogen) atoms. The van der Waals surface area contributed by atoms with Crippen LogP contribution in [0.15, 0.2) is 60.7 Å². The van der Waals surface area contributed by atoms with Crippen LogP contribution in [0.5, 0.6) is 11.5 Å². The fourth-order valence-corrected chi connectivity index (χ4v) is 2.22. The zero-order chi connectivity index (χ0) is 13.9. The lowest BCUT2D eigenvalue weighted by Gasteiger charge is -2.12. The topological polar surface area (TPSA) is 35.2 Å². The number of rotatable bonds is 3. The van der Waals surface area contributed by atoms with Crippen LogP contribution >= 0.6 is 0 Å². The lowest BCUT2D eigenvalue weighted by Crippen LogP contribution is -2.01. The van der Waals surface area contributed by atoms with E-state index in [9.17, 15) is 4.39 Å². The Morgan fingerprint density at radius 1 is 0.900 bits per heavy atom. The van der Waals surface area contributed by atoms with Gasteiger partial charge in [-0.05, 0) is 17.5 Å². The summed E-state index contributed by atoms with van der Waals surface area (Å²) in [5.74, 6) is 0.426. The number of ether oxygens (including phenoxy) is 1. The smallest absolute Gasteiger partial charge is 0.167 e. The number of nitrogens with two attached hydrogens (primary N) is 1. The van der Waals surface area contributed by atoms with Crippen LogP contribution in [0, 0.1) is 5.82 Å². The van der Waals surface area contributed by atoms with Crippen molar-refractivity contribution < 1.29 is 9.13 Å². The molecule has 0 bridgehead atoms. The van der Waals surface area contributed by atoms with Gasteiger partial charge in [-0.2, -0.15) is 0 Å². The van der Waals surface area contributed by atoms with Crippen LogP contribution in [0.1, 0.15) is 5.56 Å². The van der Waals surface area contributed by atoms with Gasteiger partial charge in [-0.3, -0.25) is 0 Å². The second kappa shape index (κ2) is 5.31. The highest BCUT2D eigenvalue weighted by molar-refractivity contribution is 5.88. The van der Waals surface area contributed by atoms with E-state index in [1.54, 1.807) is 12.1 Å². The van der Waals surface area contributed by atoms with E-state index in [1.807, 2.05) is 42.5 Å². The first kappa shape index (κ1) is 12.6. The number of halogens is 1. The molecule has 0 radical (unpaired) electrons. The molecular formula is C17H14FNO. The van der Waals surface area contributed by atoms with Gasteiger partial charge in [-0.25, -0.2) is 4.39 Å². The van der Waals surface area contributed by atoms with Gasteiger partial charge in [0, 0.05) is 17.5 Å². The lowest BCUT2D eigenvalue weighted by molar-refractivity contribution is 0.440. The Morgan fingerprint density at radius 3 is 2.50 bits per heavy atom. The van der Waals surface area contributed by atoms with Crippen molar-refractivity contribution in [3.05, 3.63) is 72.0 Å². The minimum Gasteiger partial charge on any atom is -0.453 e. The van der Waals surface area contributed by atoms with Crippen LogP contribution in [-0.2, 0) is 6.54 Å². The summed E-state index contributed by atoms with van der Waals surface area (Å²) in [4.78, 5) is 0. The SMILES string of the molecule is NCc1cccc(F)c1Oc1cccc2ccccc12. The highest BCUT2D eigenvalue weighted by Gasteiger charge is 2.11. The molecule has 0 saturated carbocycles. The maximum atomic E-state index is 13.9. The summed E-state index contributed by atoms with van der Waals surface area (Å²) in [6, 6.07) is 18.3. The van der Waals surface area contributed by atoms with Crippen LogP contribution in [0.25, 0.3) is 10.8 Å². The summed E-state index contributed by atoms with van der Waals surface area (Å²) < 4.78 is 19.7. The average molecular weight is 267 g/mol. The van der Waals surface area contributed by atoms with Crippen LogP contribution in [0.4, 0.5) is 4.39 Å². The quantitative estimate of drug-likeness (QED) is 0.770. The first-order valence-corrected chi connectivity index (χ1v) is 6.42. The third kappa shape index (κ3) is 2.24. The van der Waals surface area contributed by atoms with E-state index < -0.39 is 5.82 Å². The van der Waals surface area contributed by atoms with E-state index in [0.717, 1.165) is 10.8 Å². The molecule has 2 N–H and O–H groups in total. The zero-order valence-electron chi connectivity index (χ0n) is 10.8. The fraction of sp³-hybridized carbons (Fsp3) is 0.0588. The molecule has 100 valence electrons. The highest BCUT2D eigenvalue weighted by atomic mass is 19.1. The molecule has 3 heteroatoms.